The third kappa shape index (κ3) is 3.34. The summed E-state index contributed by atoms with van der Waals surface area (Å²) >= 11 is 3.34. The second kappa shape index (κ2) is 6.59. The Kier molecular flexibility index (Phi) is 4.36. The molecule has 0 aliphatic rings. The molecule has 0 saturated carbocycles. The van der Waals surface area contributed by atoms with Crippen molar-refractivity contribution >= 4 is 15.9 Å². The summed E-state index contributed by atoms with van der Waals surface area (Å²) in [5, 5.41) is 4.57. The first-order chi connectivity index (χ1) is 10.4. The van der Waals surface area contributed by atoms with Crippen LogP contribution < -0.4 is 4.74 Å². The molecule has 0 N–H and O–H groups in total. The van der Waals surface area contributed by atoms with Gasteiger partial charge in [-0.05, 0) is 16.3 Å². The fourth-order valence-corrected chi connectivity index (χ4v) is 2.38. The number of hydrogen-bond donors (Lipinski definition) is 0. The minimum Gasteiger partial charge on any atom is -0.462 e. The number of hydrogen-bond acceptors (Lipinski definition) is 3. The first-order valence-electron chi connectivity index (χ1n) is 6.65. The molecule has 0 aliphatic heterocycles. The van der Waals surface area contributed by atoms with Gasteiger partial charge in [0.2, 0.25) is 0 Å². The Morgan fingerprint density at radius 2 is 1.52 bits per heavy atom. The number of rotatable bonds is 5. The van der Waals surface area contributed by atoms with Crippen LogP contribution in [0, 0.1) is 0 Å². The Bertz CT molecular complexity index is 643. The van der Waals surface area contributed by atoms with Crippen molar-refractivity contribution in [1.29, 1.82) is 0 Å². The molecule has 0 spiro atoms. The summed E-state index contributed by atoms with van der Waals surface area (Å²) < 4.78 is 11.2. The zero-order chi connectivity index (χ0) is 14.5. The smallest absolute Gasteiger partial charge is 0.255 e. The summed E-state index contributed by atoms with van der Waals surface area (Å²) in [7, 11) is 0. The first kappa shape index (κ1) is 13.9. The lowest BCUT2D eigenvalue weighted by Crippen LogP contribution is -2.09. The lowest BCUT2D eigenvalue weighted by atomic mass is 10.0. The van der Waals surface area contributed by atoms with E-state index in [0.29, 0.717) is 11.2 Å². The van der Waals surface area contributed by atoms with Crippen LogP contribution in [-0.2, 0) is 5.33 Å². The highest BCUT2D eigenvalue weighted by Gasteiger charge is 2.17. The van der Waals surface area contributed by atoms with E-state index in [1.807, 2.05) is 60.7 Å². The maximum atomic E-state index is 6.04. The van der Waals surface area contributed by atoms with E-state index in [2.05, 4.69) is 21.1 Å². The number of benzene rings is 2. The first-order valence-corrected chi connectivity index (χ1v) is 7.77. The largest absolute Gasteiger partial charge is 0.462 e. The summed E-state index contributed by atoms with van der Waals surface area (Å²) in [5.74, 6) is 1.23. The number of ether oxygens (including phenoxy) is 1. The normalized spacial score (nSPS) is 10.8. The molecule has 3 aromatic rings. The van der Waals surface area contributed by atoms with E-state index in [9.17, 15) is 0 Å². The molecule has 0 saturated heterocycles. The van der Waals surface area contributed by atoms with Crippen LogP contribution in [0.15, 0.2) is 71.3 Å². The van der Waals surface area contributed by atoms with Gasteiger partial charge in [-0.3, -0.25) is 0 Å². The highest BCUT2D eigenvalue weighted by molar-refractivity contribution is 9.08. The highest BCUT2D eigenvalue weighted by Crippen LogP contribution is 2.28. The van der Waals surface area contributed by atoms with Gasteiger partial charge in [0.05, 0.1) is 5.33 Å². The molecule has 1 aromatic heterocycles. The third-order valence-electron chi connectivity index (χ3n) is 3.11. The lowest BCUT2D eigenvalue weighted by Gasteiger charge is -2.18. The molecule has 3 rings (SSSR count). The van der Waals surface area contributed by atoms with Crippen LogP contribution in [0.1, 0.15) is 23.0 Å². The average molecular weight is 344 g/mol. The minimum atomic E-state index is -0.208. The van der Waals surface area contributed by atoms with Crippen LogP contribution >= 0.6 is 15.9 Å². The van der Waals surface area contributed by atoms with Crippen molar-refractivity contribution in [3.05, 3.63) is 83.6 Å². The molecular formula is C17H14BrNO2. The maximum Gasteiger partial charge on any atom is 0.255 e. The van der Waals surface area contributed by atoms with Gasteiger partial charge in [0.1, 0.15) is 0 Å². The predicted molar refractivity (Wildman–Crippen MR) is 84.5 cm³/mol. The fraction of sp³-hybridized carbons (Fsp3) is 0.118. The summed E-state index contributed by atoms with van der Waals surface area (Å²) in [6, 6.07) is 22.0. The Labute approximate surface area is 131 Å². The molecule has 0 radical (unpaired) electrons. The van der Waals surface area contributed by atoms with Gasteiger partial charge < -0.3 is 9.26 Å². The minimum absolute atomic E-state index is 0.208. The van der Waals surface area contributed by atoms with Gasteiger partial charge >= 0.3 is 0 Å². The fourth-order valence-electron chi connectivity index (χ4n) is 2.12. The molecule has 2 aromatic carbocycles. The third-order valence-corrected chi connectivity index (χ3v) is 3.66. The topological polar surface area (TPSA) is 35.3 Å². The molecule has 0 atom stereocenters. The van der Waals surface area contributed by atoms with Gasteiger partial charge in [-0.1, -0.05) is 76.6 Å². The SMILES string of the molecule is BrCc1cc(OC(c2ccccc2)c2ccccc2)no1. The lowest BCUT2D eigenvalue weighted by molar-refractivity contribution is 0.221. The van der Waals surface area contributed by atoms with Crippen LogP contribution in [0.25, 0.3) is 0 Å². The Balaban J connectivity index is 1.93. The Morgan fingerprint density at radius 1 is 0.952 bits per heavy atom. The van der Waals surface area contributed by atoms with Crippen LogP contribution in [0.2, 0.25) is 0 Å². The standard InChI is InChI=1S/C17H14BrNO2/c18-12-15-11-16(19-21-15)20-17(13-7-3-1-4-8-13)14-9-5-2-6-10-14/h1-11,17H,12H2. The average Bonchev–Trinajstić information content (AvgIpc) is 3.02. The van der Waals surface area contributed by atoms with Crippen molar-refractivity contribution in [2.45, 2.75) is 11.4 Å². The van der Waals surface area contributed by atoms with Gasteiger partial charge in [-0.2, -0.15) is 0 Å². The van der Waals surface area contributed by atoms with E-state index < -0.39 is 0 Å². The monoisotopic (exact) mass is 343 g/mol. The van der Waals surface area contributed by atoms with Crippen molar-refractivity contribution in [3.63, 3.8) is 0 Å². The second-order valence-corrected chi connectivity index (χ2v) is 5.15. The molecule has 0 fully saturated rings. The number of halogens is 1. The van der Waals surface area contributed by atoms with Crippen molar-refractivity contribution in [1.82, 2.24) is 5.16 Å². The second-order valence-electron chi connectivity index (χ2n) is 4.58. The zero-order valence-electron chi connectivity index (χ0n) is 11.3. The van der Waals surface area contributed by atoms with Gasteiger partial charge in [0, 0.05) is 6.07 Å². The predicted octanol–water partition coefficient (Wildman–Crippen LogP) is 4.74. The van der Waals surface area contributed by atoms with Crippen LogP contribution in [0.4, 0.5) is 0 Å². The molecular weight excluding hydrogens is 330 g/mol. The molecule has 0 aliphatic carbocycles. The molecule has 21 heavy (non-hydrogen) atoms. The molecule has 3 nitrogen and oxygen atoms in total. The number of aromatic nitrogens is 1. The summed E-state index contributed by atoms with van der Waals surface area (Å²) in [6.45, 7) is 0. The van der Waals surface area contributed by atoms with Gasteiger partial charge in [-0.25, -0.2) is 0 Å². The molecule has 0 bridgehead atoms. The van der Waals surface area contributed by atoms with Gasteiger partial charge in [-0.15, -0.1) is 0 Å². The van der Waals surface area contributed by atoms with Gasteiger partial charge in [0.25, 0.3) is 5.88 Å². The van der Waals surface area contributed by atoms with Crippen LogP contribution in [-0.4, -0.2) is 5.16 Å². The van der Waals surface area contributed by atoms with Crippen molar-refractivity contribution in [2.24, 2.45) is 0 Å². The number of nitrogens with zero attached hydrogens (tertiary/aromatic N) is 1. The van der Waals surface area contributed by atoms with E-state index in [-0.39, 0.29) is 6.10 Å². The molecule has 0 unspecified atom stereocenters. The summed E-state index contributed by atoms with van der Waals surface area (Å²) in [4.78, 5) is 0. The van der Waals surface area contributed by atoms with E-state index >= 15 is 0 Å². The maximum absolute atomic E-state index is 6.04. The summed E-state index contributed by atoms with van der Waals surface area (Å²) in [5.41, 5.74) is 2.15. The van der Waals surface area contributed by atoms with Crippen molar-refractivity contribution in [2.75, 3.05) is 0 Å². The van der Waals surface area contributed by atoms with E-state index in [1.54, 1.807) is 6.07 Å². The highest BCUT2D eigenvalue weighted by atomic mass is 79.9. The van der Waals surface area contributed by atoms with Crippen LogP contribution in [0.3, 0.4) is 0 Å². The van der Waals surface area contributed by atoms with E-state index in [1.165, 1.54) is 0 Å². The molecule has 0 amide bonds. The number of alkyl halides is 1. The molecule has 4 heteroatoms. The Morgan fingerprint density at radius 3 is 2.00 bits per heavy atom. The van der Waals surface area contributed by atoms with Gasteiger partial charge in [0.15, 0.2) is 11.9 Å². The van der Waals surface area contributed by atoms with Crippen LogP contribution in [0.5, 0.6) is 5.88 Å². The zero-order valence-corrected chi connectivity index (χ0v) is 12.9. The van der Waals surface area contributed by atoms with E-state index in [4.69, 9.17) is 9.26 Å². The quantitative estimate of drug-likeness (QED) is 0.627. The summed E-state index contributed by atoms with van der Waals surface area (Å²) in [6.07, 6.45) is -0.208. The van der Waals surface area contributed by atoms with Crippen molar-refractivity contribution < 1.29 is 9.26 Å². The molecule has 1 heterocycles. The van der Waals surface area contributed by atoms with Crippen molar-refractivity contribution in [3.8, 4) is 5.88 Å². The molecule has 106 valence electrons. The van der Waals surface area contributed by atoms with E-state index in [0.717, 1.165) is 16.9 Å². The Hall–Kier alpha value is -2.07.